The molecular weight excluding hydrogens is 342 g/mol. The predicted molar refractivity (Wildman–Crippen MR) is 107 cm³/mol. The Morgan fingerprint density at radius 1 is 1.19 bits per heavy atom. The van der Waals surface area contributed by atoms with Gasteiger partial charge in [0.2, 0.25) is 5.95 Å². The Morgan fingerprint density at radius 2 is 2.04 bits per heavy atom. The van der Waals surface area contributed by atoms with Crippen LogP contribution in [0, 0.1) is 0 Å². The molecule has 0 spiro atoms. The largest absolute Gasteiger partial charge is 0.493 e. The monoisotopic (exact) mass is 365 g/mol. The molecule has 0 aliphatic carbocycles. The predicted octanol–water partition coefficient (Wildman–Crippen LogP) is 3.51. The maximum Gasteiger partial charge on any atom is 0.212 e. The number of imidazole rings is 1. The molecule has 0 amide bonds. The third kappa shape index (κ3) is 3.16. The number of benzene rings is 2. The first-order valence-electron chi connectivity index (χ1n) is 9.09. The molecule has 0 fully saturated rings. The van der Waals surface area contributed by atoms with Gasteiger partial charge in [-0.25, -0.2) is 9.98 Å². The maximum absolute atomic E-state index is 6.01. The first kappa shape index (κ1) is 17.2. The zero-order valence-electron chi connectivity index (χ0n) is 15.5. The summed E-state index contributed by atoms with van der Waals surface area (Å²) in [7, 11) is 1.64. The van der Waals surface area contributed by atoms with Crippen molar-refractivity contribution in [1.29, 1.82) is 0 Å². The number of aromatic nitrogens is 2. The molecule has 7 nitrogen and oxygen atoms in total. The van der Waals surface area contributed by atoms with Crippen LogP contribution >= 0.6 is 0 Å². The van der Waals surface area contributed by atoms with E-state index in [1.165, 1.54) is 0 Å². The summed E-state index contributed by atoms with van der Waals surface area (Å²) in [5, 5.41) is 3.05. The van der Waals surface area contributed by atoms with Gasteiger partial charge in [0.1, 0.15) is 0 Å². The lowest BCUT2D eigenvalue weighted by molar-refractivity contribution is 0.288. The zero-order chi connectivity index (χ0) is 18.8. The number of ether oxygens (including phenoxy) is 2. The van der Waals surface area contributed by atoms with Crippen LogP contribution < -0.4 is 20.5 Å². The van der Waals surface area contributed by atoms with Crippen LogP contribution in [0.15, 0.2) is 47.5 Å². The second-order valence-electron chi connectivity index (χ2n) is 6.42. The quantitative estimate of drug-likeness (QED) is 0.653. The summed E-state index contributed by atoms with van der Waals surface area (Å²) in [5.74, 6) is 2.43. The second kappa shape index (κ2) is 7.19. The summed E-state index contributed by atoms with van der Waals surface area (Å²) in [5.41, 5.74) is 8.84. The van der Waals surface area contributed by atoms with Crippen LogP contribution in [0.5, 0.6) is 11.5 Å². The third-order valence-electron chi connectivity index (χ3n) is 4.58. The molecule has 1 aliphatic rings. The SMILES string of the molecule is CCCCOc1ccc([C@H]2N=C(N)Nc3nc4ccccc4n32)cc1OC. The highest BCUT2D eigenvalue weighted by Gasteiger charge is 2.25. The van der Waals surface area contributed by atoms with Crippen molar-refractivity contribution in [3.8, 4) is 11.5 Å². The van der Waals surface area contributed by atoms with Crippen molar-refractivity contribution in [2.24, 2.45) is 10.7 Å². The molecule has 4 rings (SSSR count). The number of aliphatic imine (C=N–C) groups is 1. The van der Waals surface area contributed by atoms with Crippen molar-refractivity contribution in [2.45, 2.75) is 25.9 Å². The molecule has 0 bridgehead atoms. The molecule has 1 aromatic heterocycles. The van der Waals surface area contributed by atoms with E-state index in [9.17, 15) is 0 Å². The van der Waals surface area contributed by atoms with Crippen LogP contribution in [0.1, 0.15) is 31.5 Å². The number of nitrogens with zero attached hydrogens (tertiary/aromatic N) is 3. The molecule has 7 heteroatoms. The van der Waals surface area contributed by atoms with Crippen molar-refractivity contribution < 1.29 is 9.47 Å². The van der Waals surface area contributed by atoms with Gasteiger partial charge in [0.05, 0.1) is 24.8 Å². The van der Waals surface area contributed by atoms with Gasteiger partial charge in [-0.3, -0.25) is 9.88 Å². The van der Waals surface area contributed by atoms with Crippen molar-refractivity contribution in [2.75, 3.05) is 19.0 Å². The molecule has 0 saturated heterocycles. The molecular formula is C20H23N5O2. The molecule has 0 saturated carbocycles. The standard InChI is InChI=1S/C20H23N5O2/c1-3-4-11-27-16-10-9-13(12-17(16)26-2)18-23-19(21)24-20-22-14-7-5-6-8-15(14)25(18)20/h5-10,12,18H,3-4,11H2,1-2H3,(H3,21,22,23,24)/t18-/m0/s1. The number of methoxy groups -OCH3 is 1. The number of unbranched alkanes of at least 4 members (excludes halogenated alkanes) is 1. The molecule has 2 aromatic carbocycles. The van der Waals surface area contributed by atoms with Crippen LogP contribution in [-0.4, -0.2) is 29.2 Å². The van der Waals surface area contributed by atoms with Crippen molar-refractivity contribution in [1.82, 2.24) is 9.55 Å². The number of hydrogen-bond donors (Lipinski definition) is 2. The molecule has 3 N–H and O–H groups in total. The van der Waals surface area contributed by atoms with Gasteiger partial charge in [-0.1, -0.05) is 31.5 Å². The zero-order valence-corrected chi connectivity index (χ0v) is 15.5. The number of nitrogens with one attached hydrogen (secondary N) is 1. The fraction of sp³-hybridized carbons (Fsp3) is 0.300. The van der Waals surface area contributed by atoms with Gasteiger partial charge in [-0.05, 0) is 30.7 Å². The lowest BCUT2D eigenvalue weighted by Gasteiger charge is -2.24. The summed E-state index contributed by atoms with van der Waals surface area (Å²) in [6.07, 6.45) is 1.76. The summed E-state index contributed by atoms with van der Waals surface area (Å²) in [4.78, 5) is 9.23. The molecule has 3 aromatic rings. The Balaban J connectivity index is 1.75. The normalized spacial score (nSPS) is 15.8. The summed E-state index contributed by atoms with van der Waals surface area (Å²) >= 11 is 0. The minimum atomic E-state index is -0.327. The van der Waals surface area contributed by atoms with Crippen LogP contribution in [0.25, 0.3) is 11.0 Å². The van der Waals surface area contributed by atoms with Gasteiger partial charge in [-0.15, -0.1) is 0 Å². The van der Waals surface area contributed by atoms with E-state index in [2.05, 4.69) is 22.2 Å². The van der Waals surface area contributed by atoms with Crippen molar-refractivity contribution in [3.05, 3.63) is 48.0 Å². The van der Waals surface area contributed by atoms with E-state index in [0.717, 1.165) is 35.2 Å². The summed E-state index contributed by atoms with van der Waals surface area (Å²) in [6.45, 7) is 2.80. The second-order valence-corrected chi connectivity index (χ2v) is 6.42. The third-order valence-corrected chi connectivity index (χ3v) is 4.58. The summed E-state index contributed by atoms with van der Waals surface area (Å²) < 4.78 is 13.4. The van der Waals surface area contributed by atoms with Crippen molar-refractivity contribution >= 4 is 22.9 Å². The average Bonchev–Trinajstić information content (AvgIpc) is 3.05. The van der Waals surface area contributed by atoms with Gasteiger partial charge in [0, 0.05) is 5.56 Å². The van der Waals surface area contributed by atoms with Crippen molar-refractivity contribution in [3.63, 3.8) is 0 Å². The Kier molecular flexibility index (Phi) is 4.58. The highest BCUT2D eigenvalue weighted by atomic mass is 16.5. The van der Waals surface area contributed by atoms with Crippen LogP contribution in [-0.2, 0) is 0 Å². The number of fused-ring (bicyclic) bond motifs is 3. The lowest BCUT2D eigenvalue weighted by Crippen LogP contribution is -2.31. The van der Waals surface area contributed by atoms with E-state index in [4.69, 9.17) is 15.2 Å². The van der Waals surface area contributed by atoms with E-state index < -0.39 is 0 Å². The minimum Gasteiger partial charge on any atom is -0.493 e. The number of anilines is 1. The number of rotatable bonds is 6. The highest BCUT2D eigenvalue weighted by Crippen LogP contribution is 2.36. The van der Waals surface area contributed by atoms with E-state index in [1.807, 2.05) is 47.0 Å². The van der Waals surface area contributed by atoms with E-state index in [0.29, 0.717) is 24.3 Å². The van der Waals surface area contributed by atoms with Crippen LogP contribution in [0.4, 0.5) is 5.95 Å². The number of guanidine groups is 1. The number of para-hydroxylation sites is 2. The molecule has 1 atom stereocenters. The van der Waals surface area contributed by atoms with Crippen LogP contribution in [0.2, 0.25) is 0 Å². The Morgan fingerprint density at radius 3 is 2.85 bits per heavy atom. The van der Waals surface area contributed by atoms with Gasteiger partial charge < -0.3 is 15.2 Å². The highest BCUT2D eigenvalue weighted by molar-refractivity contribution is 5.94. The fourth-order valence-electron chi connectivity index (χ4n) is 3.23. The fourth-order valence-corrected chi connectivity index (χ4v) is 3.23. The van der Waals surface area contributed by atoms with Gasteiger partial charge in [-0.2, -0.15) is 0 Å². The molecule has 1 aliphatic heterocycles. The average molecular weight is 365 g/mol. The Bertz CT molecular complexity index is 995. The first-order valence-corrected chi connectivity index (χ1v) is 9.09. The number of nitrogens with two attached hydrogens (primary N) is 1. The Hall–Kier alpha value is -3.22. The van der Waals surface area contributed by atoms with Gasteiger partial charge in [0.15, 0.2) is 23.6 Å². The van der Waals surface area contributed by atoms with Gasteiger partial charge in [0.25, 0.3) is 0 Å². The molecule has 0 unspecified atom stereocenters. The molecule has 27 heavy (non-hydrogen) atoms. The molecule has 140 valence electrons. The minimum absolute atomic E-state index is 0.327. The first-order chi connectivity index (χ1) is 13.2. The van der Waals surface area contributed by atoms with E-state index in [-0.39, 0.29) is 6.17 Å². The smallest absolute Gasteiger partial charge is 0.212 e. The lowest BCUT2D eigenvalue weighted by atomic mass is 10.1. The van der Waals surface area contributed by atoms with E-state index >= 15 is 0 Å². The van der Waals surface area contributed by atoms with E-state index in [1.54, 1.807) is 7.11 Å². The summed E-state index contributed by atoms with van der Waals surface area (Å²) in [6, 6.07) is 13.8. The van der Waals surface area contributed by atoms with Crippen LogP contribution in [0.3, 0.4) is 0 Å². The Labute approximate surface area is 157 Å². The number of hydrogen-bond acceptors (Lipinski definition) is 6. The molecule has 2 heterocycles. The maximum atomic E-state index is 6.01. The topological polar surface area (TPSA) is 86.7 Å². The molecule has 0 radical (unpaired) electrons. The van der Waals surface area contributed by atoms with Gasteiger partial charge >= 0.3 is 0 Å².